The number of carbonyl (C=O) groups is 1. The second-order valence-electron chi connectivity index (χ2n) is 4.56. The van der Waals surface area contributed by atoms with E-state index in [0.717, 1.165) is 22.7 Å². The first-order valence-corrected chi connectivity index (χ1v) is 8.76. The summed E-state index contributed by atoms with van der Waals surface area (Å²) in [5.74, 6) is -1.78. The molecule has 0 spiro atoms. The van der Waals surface area contributed by atoms with Gasteiger partial charge in [-0.15, -0.1) is 0 Å². The zero-order valence-electron chi connectivity index (χ0n) is 12.0. The monoisotopic (exact) mass is 401 g/mol. The van der Waals surface area contributed by atoms with Crippen molar-refractivity contribution in [2.75, 3.05) is 7.05 Å². The van der Waals surface area contributed by atoms with Gasteiger partial charge in [0.1, 0.15) is 12.4 Å². The molecule has 0 fully saturated rings. The molecule has 2 aromatic rings. The van der Waals surface area contributed by atoms with Crippen molar-refractivity contribution in [2.45, 2.75) is 11.5 Å². The number of rotatable bonds is 5. The fourth-order valence-electron chi connectivity index (χ4n) is 1.80. The van der Waals surface area contributed by atoms with Gasteiger partial charge in [-0.2, -0.15) is 0 Å². The fourth-order valence-corrected chi connectivity index (χ4v) is 3.00. The number of carbonyl (C=O) groups excluding carboxylic acids is 1. The van der Waals surface area contributed by atoms with Gasteiger partial charge >= 0.3 is 5.97 Å². The summed E-state index contributed by atoms with van der Waals surface area (Å²) < 4.78 is 45.2. The highest BCUT2D eigenvalue weighted by molar-refractivity contribution is 9.10. The highest BCUT2D eigenvalue weighted by Gasteiger charge is 2.19. The van der Waals surface area contributed by atoms with Crippen molar-refractivity contribution in [1.82, 2.24) is 4.72 Å². The minimum atomic E-state index is -3.77. The molecule has 0 radical (unpaired) electrons. The molecule has 0 amide bonds. The first-order valence-electron chi connectivity index (χ1n) is 6.48. The molecule has 8 heteroatoms. The number of halogens is 2. The van der Waals surface area contributed by atoms with Gasteiger partial charge in [-0.25, -0.2) is 22.3 Å². The predicted molar refractivity (Wildman–Crippen MR) is 85.9 cm³/mol. The average molecular weight is 402 g/mol. The zero-order valence-corrected chi connectivity index (χ0v) is 14.4. The van der Waals surface area contributed by atoms with Crippen LogP contribution in [0, 0.1) is 5.82 Å². The number of hydrogen-bond donors (Lipinski definition) is 1. The van der Waals surface area contributed by atoms with Gasteiger partial charge in [0, 0.05) is 4.47 Å². The second-order valence-corrected chi connectivity index (χ2v) is 7.36. The first-order chi connectivity index (χ1) is 10.8. The normalized spacial score (nSPS) is 11.3. The van der Waals surface area contributed by atoms with Crippen molar-refractivity contribution in [2.24, 2.45) is 0 Å². The molecule has 23 heavy (non-hydrogen) atoms. The number of hydrogen-bond acceptors (Lipinski definition) is 4. The quantitative estimate of drug-likeness (QED) is 0.781. The Morgan fingerprint density at radius 1 is 1.26 bits per heavy atom. The summed E-state index contributed by atoms with van der Waals surface area (Å²) >= 11 is 3.29. The van der Waals surface area contributed by atoms with Gasteiger partial charge in [0.25, 0.3) is 0 Å². The number of nitrogens with one attached hydrogen (secondary N) is 1. The van der Waals surface area contributed by atoms with Crippen LogP contribution in [-0.2, 0) is 21.4 Å². The molecule has 0 aliphatic carbocycles. The van der Waals surface area contributed by atoms with E-state index < -0.39 is 27.4 Å². The maximum absolute atomic E-state index is 13.8. The van der Waals surface area contributed by atoms with Crippen LogP contribution in [0.4, 0.5) is 4.39 Å². The molecule has 0 atom stereocenters. The summed E-state index contributed by atoms with van der Waals surface area (Å²) in [7, 11) is -2.55. The van der Waals surface area contributed by atoms with Crippen molar-refractivity contribution in [3.05, 3.63) is 63.9 Å². The maximum atomic E-state index is 13.8. The third-order valence-corrected chi connectivity index (χ3v) is 4.90. The number of ether oxygens (including phenoxy) is 1. The van der Waals surface area contributed by atoms with Gasteiger partial charge in [-0.1, -0.05) is 28.1 Å². The molecule has 0 unspecified atom stereocenters. The molecule has 0 saturated heterocycles. The smallest absolute Gasteiger partial charge is 0.341 e. The van der Waals surface area contributed by atoms with Crippen molar-refractivity contribution in [3.8, 4) is 0 Å². The molecule has 0 heterocycles. The van der Waals surface area contributed by atoms with E-state index in [1.165, 1.54) is 7.05 Å². The SMILES string of the molecule is CNS(=O)(=O)c1ccc(F)c(C(=O)OCc2cccc(Br)c2)c1. The summed E-state index contributed by atoms with van der Waals surface area (Å²) in [4.78, 5) is 11.8. The van der Waals surface area contributed by atoms with Gasteiger partial charge in [-0.3, -0.25) is 0 Å². The highest BCUT2D eigenvalue weighted by atomic mass is 79.9. The molecule has 0 saturated carbocycles. The molecule has 5 nitrogen and oxygen atoms in total. The van der Waals surface area contributed by atoms with Crippen LogP contribution in [0.2, 0.25) is 0 Å². The van der Waals surface area contributed by atoms with Crippen molar-refractivity contribution in [1.29, 1.82) is 0 Å². The first kappa shape index (κ1) is 17.6. The number of benzene rings is 2. The van der Waals surface area contributed by atoms with E-state index in [1.54, 1.807) is 18.2 Å². The number of sulfonamides is 1. The van der Waals surface area contributed by atoms with Crippen molar-refractivity contribution in [3.63, 3.8) is 0 Å². The second kappa shape index (κ2) is 7.20. The zero-order chi connectivity index (χ0) is 17.0. The topological polar surface area (TPSA) is 72.5 Å². The van der Waals surface area contributed by atoms with Crippen LogP contribution >= 0.6 is 15.9 Å². The Morgan fingerprint density at radius 3 is 2.65 bits per heavy atom. The highest BCUT2D eigenvalue weighted by Crippen LogP contribution is 2.17. The molecule has 0 aliphatic rings. The van der Waals surface area contributed by atoms with Crippen LogP contribution in [-0.4, -0.2) is 21.4 Å². The van der Waals surface area contributed by atoms with Crippen LogP contribution in [0.1, 0.15) is 15.9 Å². The molecule has 2 aromatic carbocycles. The average Bonchev–Trinajstić information content (AvgIpc) is 2.53. The third-order valence-electron chi connectivity index (χ3n) is 3.00. The summed E-state index contributed by atoms with van der Waals surface area (Å²) in [5, 5.41) is 0. The Kier molecular flexibility index (Phi) is 5.51. The maximum Gasteiger partial charge on any atom is 0.341 e. The van der Waals surface area contributed by atoms with Crippen LogP contribution in [0.3, 0.4) is 0 Å². The summed E-state index contributed by atoms with van der Waals surface area (Å²) in [6, 6.07) is 10.0. The summed E-state index contributed by atoms with van der Waals surface area (Å²) in [6.07, 6.45) is 0. The molecule has 0 bridgehead atoms. The Balaban J connectivity index is 2.20. The predicted octanol–water partition coefficient (Wildman–Crippen LogP) is 2.85. The van der Waals surface area contributed by atoms with Gasteiger partial charge in [0.15, 0.2) is 0 Å². The standard InChI is InChI=1S/C15H13BrFNO4S/c1-18-23(20,21)12-5-6-14(17)13(8-12)15(19)22-9-10-3-2-4-11(16)7-10/h2-8,18H,9H2,1H3. The van der Waals surface area contributed by atoms with Crippen LogP contribution in [0.25, 0.3) is 0 Å². The minimum Gasteiger partial charge on any atom is -0.457 e. The molecule has 1 N–H and O–H groups in total. The molecular weight excluding hydrogens is 389 g/mol. The van der Waals surface area contributed by atoms with Crippen molar-refractivity contribution >= 4 is 31.9 Å². The molecular formula is C15H13BrFNO4S. The lowest BCUT2D eigenvalue weighted by atomic mass is 10.2. The van der Waals surface area contributed by atoms with E-state index in [2.05, 4.69) is 20.7 Å². The largest absolute Gasteiger partial charge is 0.457 e. The van der Waals surface area contributed by atoms with E-state index in [4.69, 9.17) is 4.74 Å². The molecule has 122 valence electrons. The van der Waals surface area contributed by atoms with Gasteiger partial charge in [0.2, 0.25) is 10.0 Å². The summed E-state index contributed by atoms with van der Waals surface area (Å²) in [5.41, 5.74) is 0.281. The van der Waals surface area contributed by atoms with Crippen LogP contribution in [0.5, 0.6) is 0 Å². The van der Waals surface area contributed by atoms with Crippen LogP contribution in [0.15, 0.2) is 51.8 Å². The Morgan fingerprint density at radius 2 is 2.00 bits per heavy atom. The van der Waals surface area contributed by atoms with E-state index in [1.807, 2.05) is 6.07 Å². The van der Waals surface area contributed by atoms with E-state index >= 15 is 0 Å². The van der Waals surface area contributed by atoms with E-state index in [-0.39, 0.29) is 11.5 Å². The lowest BCUT2D eigenvalue weighted by Gasteiger charge is -2.08. The lowest BCUT2D eigenvalue weighted by molar-refractivity contribution is 0.0467. The van der Waals surface area contributed by atoms with E-state index in [0.29, 0.717) is 5.56 Å². The lowest BCUT2D eigenvalue weighted by Crippen LogP contribution is -2.19. The van der Waals surface area contributed by atoms with E-state index in [9.17, 15) is 17.6 Å². The molecule has 0 aromatic heterocycles. The minimum absolute atomic E-state index is 0.0548. The fraction of sp³-hybridized carbons (Fsp3) is 0.133. The Hall–Kier alpha value is -1.77. The molecule has 2 rings (SSSR count). The Labute approximate surface area is 141 Å². The van der Waals surface area contributed by atoms with Gasteiger partial charge in [-0.05, 0) is 42.9 Å². The Bertz CT molecular complexity index is 839. The van der Waals surface area contributed by atoms with Crippen molar-refractivity contribution < 1.29 is 22.3 Å². The summed E-state index contributed by atoms with van der Waals surface area (Å²) in [6.45, 7) is -0.0548. The van der Waals surface area contributed by atoms with Gasteiger partial charge in [0.05, 0.1) is 10.5 Å². The third kappa shape index (κ3) is 4.37. The number of esters is 1. The van der Waals surface area contributed by atoms with Gasteiger partial charge < -0.3 is 4.74 Å². The molecule has 0 aliphatic heterocycles. The van der Waals surface area contributed by atoms with Crippen LogP contribution < -0.4 is 4.72 Å².